The summed E-state index contributed by atoms with van der Waals surface area (Å²) in [5.74, 6) is -0.999. The molecule has 2 rings (SSSR count). The van der Waals surface area contributed by atoms with Gasteiger partial charge in [0, 0.05) is 17.8 Å². The maximum Gasteiger partial charge on any atom is 0.255 e. The van der Waals surface area contributed by atoms with Crippen LogP contribution in [-0.2, 0) is 0 Å². The summed E-state index contributed by atoms with van der Waals surface area (Å²) in [4.78, 5) is 25.3. The van der Waals surface area contributed by atoms with Gasteiger partial charge in [0.25, 0.3) is 5.91 Å². The zero-order valence-electron chi connectivity index (χ0n) is 9.66. The highest BCUT2D eigenvalue weighted by Crippen LogP contribution is 2.17. The van der Waals surface area contributed by atoms with Crippen molar-refractivity contribution in [3.05, 3.63) is 63.8 Å². The van der Waals surface area contributed by atoms with E-state index in [0.717, 1.165) is 6.07 Å². The van der Waals surface area contributed by atoms with Gasteiger partial charge in [-0.15, -0.1) is 0 Å². The second-order valence-corrected chi connectivity index (χ2v) is 3.83. The smallest absolute Gasteiger partial charge is 0.255 e. The number of nitrogens with one attached hydrogen (secondary N) is 2. The molecule has 0 spiro atoms. The van der Waals surface area contributed by atoms with Gasteiger partial charge < -0.3 is 10.3 Å². The number of rotatable bonds is 2. The number of pyridine rings is 1. The van der Waals surface area contributed by atoms with E-state index in [0.29, 0.717) is 5.56 Å². The molecule has 0 aliphatic carbocycles. The van der Waals surface area contributed by atoms with E-state index in [-0.39, 0.29) is 16.8 Å². The van der Waals surface area contributed by atoms with Gasteiger partial charge in [-0.1, -0.05) is 12.1 Å². The molecule has 0 fully saturated rings. The first kappa shape index (κ1) is 12.0. The van der Waals surface area contributed by atoms with Crippen molar-refractivity contribution in [2.45, 2.75) is 6.92 Å². The van der Waals surface area contributed by atoms with Crippen LogP contribution in [0.15, 0.2) is 41.3 Å². The number of aromatic amines is 1. The second kappa shape index (κ2) is 4.83. The summed E-state index contributed by atoms with van der Waals surface area (Å²) < 4.78 is 13.7. The number of aromatic nitrogens is 1. The highest BCUT2D eigenvalue weighted by molar-refractivity contribution is 6.04. The third-order valence-corrected chi connectivity index (χ3v) is 2.48. The van der Waals surface area contributed by atoms with Gasteiger partial charge in [-0.2, -0.15) is 0 Å². The van der Waals surface area contributed by atoms with Crippen LogP contribution in [-0.4, -0.2) is 10.9 Å². The molecule has 0 radical (unpaired) electrons. The monoisotopic (exact) mass is 246 g/mol. The lowest BCUT2D eigenvalue weighted by Crippen LogP contribution is -2.16. The number of hydrogen-bond acceptors (Lipinski definition) is 2. The first-order valence-corrected chi connectivity index (χ1v) is 5.33. The average Bonchev–Trinajstić information content (AvgIpc) is 2.35. The Balaban J connectivity index is 2.27. The molecule has 1 aromatic heterocycles. The van der Waals surface area contributed by atoms with Gasteiger partial charge in [0.15, 0.2) is 0 Å². The fourth-order valence-corrected chi connectivity index (χ4v) is 1.52. The van der Waals surface area contributed by atoms with Gasteiger partial charge in [0.05, 0.1) is 5.69 Å². The SMILES string of the molecule is Cc1cccc(NC(=O)c2cc[nH]c(=O)c2)c1F. The summed E-state index contributed by atoms with van der Waals surface area (Å²) in [5.41, 5.74) is 0.339. The van der Waals surface area contributed by atoms with Gasteiger partial charge in [-0.3, -0.25) is 9.59 Å². The van der Waals surface area contributed by atoms with Crippen molar-refractivity contribution < 1.29 is 9.18 Å². The van der Waals surface area contributed by atoms with E-state index < -0.39 is 11.7 Å². The van der Waals surface area contributed by atoms with Crippen LogP contribution < -0.4 is 10.9 Å². The maximum atomic E-state index is 13.7. The highest BCUT2D eigenvalue weighted by atomic mass is 19.1. The fourth-order valence-electron chi connectivity index (χ4n) is 1.52. The third-order valence-electron chi connectivity index (χ3n) is 2.48. The minimum absolute atomic E-state index is 0.0975. The minimum Gasteiger partial charge on any atom is -0.329 e. The zero-order valence-corrected chi connectivity index (χ0v) is 9.66. The van der Waals surface area contributed by atoms with Crippen LogP contribution in [0.25, 0.3) is 0 Å². The molecule has 0 saturated carbocycles. The molecule has 1 amide bonds. The second-order valence-electron chi connectivity index (χ2n) is 3.83. The van der Waals surface area contributed by atoms with Gasteiger partial charge >= 0.3 is 0 Å². The van der Waals surface area contributed by atoms with Crippen molar-refractivity contribution in [1.29, 1.82) is 0 Å². The van der Waals surface area contributed by atoms with Crippen molar-refractivity contribution in [2.75, 3.05) is 5.32 Å². The van der Waals surface area contributed by atoms with Crippen molar-refractivity contribution in [3.8, 4) is 0 Å². The highest BCUT2D eigenvalue weighted by Gasteiger charge is 2.10. The molecule has 0 atom stereocenters. The fraction of sp³-hybridized carbons (Fsp3) is 0.0769. The van der Waals surface area contributed by atoms with Crippen molar-refractivity contribution in [2.24, 2.45) is 0 Å². The standard InChI is InChI=1S/C13H11FN2O2/c1-8-3-2-4-10(12(8)14)16-13(18)9-5-6-15-11(17)7-9/h2-7H,1H3,(H,15,17)(H,16,18). The van der Waals surface area contributed by atoms with E-state index >= 15 is 0 Å². The summed E-state index contributed by atoms with van der Waals surface area (Å²) in [6.45, 7) is 1.61. The molecule has 4 nitrogen and oxygen atoms in total. The Labute approximate surface area is 102 Å². The number of H-pyrrole nitrogens is 1. The lowest BCUT2D eigenvalue weighted by molar-refractivity contribution is 0.102. The van der Waals surface area contributed by atoms with Gasteiger partial charge in [-0.05, 0) is 24.6 Å². The van der Waals surface area contributed by atoms with Crippen LogP contribution in [0.5, 0.6) is 0 Å². The Morgan fingerprint density at radius 2 is 2.11 bits per heavy atom. The normalized spacial score (nSPS) is 10.1. The molecule has 1 heterocycles. The molecule has 0 aliphatic rings. The Bertz CT molecular complexity index is 649. The Hall–Kier alpha value is -2.43. The molecule has 5 heteroatoms. The molecule has 0 bridgehead atoms. The predicted molar refractivity (Wildman–Crippen MR) is 66.2 cm³/mol. The van der Waals surface area contributed by atoms with E-state index in [2.05, 4.69) is 10.3 Å². The molecule has 18 heavy (non-hydrogen) atoms. The third kappa shape index (κ3) is 2.45. The quantitative estimate of drug-likeness (QED) is 0.852. The van der Waals surface area contributed by atoms with E-state index in [9.17, 15) is 14.0 Å². The average molecular weight is 246 g/mol. The number of halogens is 1. The van der Waals surface area contributed by atoms with Crippen LogP contribution in [0.4, 0.5) is 10.1 Å². The van der Waals surface area contributed by atoms with Crippen molar-refractivity contribution in [3.63, 3.8) is 0 Å². The van der Waals surface area contributed by atoms with Crippen LogP contribution in [0, 0.1) is 12.7 Å². The summed E-state index contributed by atoms with van der Waals surface area (Å²) in [7, 11) is 0. The number of carbonyl (C=O) groups is 1. The van der Waals surface area contributed by atoms with Crippen LogP contribution >= 0.6 is 0 Å². The summed E-state index contributed by atoms with van der Waals surface area (Å²) in [6.07, 6.45) is 1.36. The molecule has 0 unspecified atom stereocenters. The topological polar surface area (TPSA) is 62.0 Å². The molecule has 2 N–H and O–H groups in total. The van der Waals surface area contributed by atoms with Gasteiger partial charge in [0.1, 0.15) is 5.82 Å². The molecular weight excluding hydrogens is 235 g/mol. The Kier molecular flexibility index (Phi) is 3.23. The number of aryl methyl sites for hydroxylation is 1. The summed E-state index contributed by atoms with van der Waals surface area (Å²) in [5, 5.41) is 2.43. The van der Waals surface area contributed by atoms with Crippen LogP contribution in [0.2, 0.25) is 0 Å². The molecule has 2 aromatic rings. The maximum absolute atomic E-state index is 13.7. The molecular formula is C13H11FN2O2. The van der Waals surface area contributed by atoms with E-state index in [1.54, 1.807) is 19.1 Å². The first-order valence-electron chi connectivity index (χ1n) is 5.33. The predicted octanol–water partition coefficient (Wildman–Crippen LogP) is 2.07. The van der Waals surface area contributed by atoms with E-state index in [4.69, 9.17) is 0 Å². The molecule has 1 aromatic carbocycles. The van der Waals surface area contributed by atoms with E-state index in [1.807, 2.05) is 0 Å². The Morgan fingerprint density at radius 1 is 1.33 bits per heavy atom. The van der Waals surface area contributed by atoms with Gasteiger partial charge in [-0.25, -0.2) is 4.39 Å². The largest absolute Gasteiger partial charge is 0.329 e. The van der Waals surface area contributed by atoms with Crippen LogP contribution in [0.3, 0.4) is 0 Å². The first-order chi connectivity index (χ1) is 8.58. The lowest BCUT2D eigenvalue weighted by atomic mass is 10.2. The van der Waals surface area contributed by atoms with Crippen LogP contribution in [0.1, 0.15) is 15.9 Å². The minimum atomic E-state index is -0.523. The summed E-state index contributed by atoms with van der Waals surface area (Å²) >= 11 is 0. The van der Waals surface area contributed by atoms with Crippen molar-refractivity contribution >= 4 is 11.6 Å². The number of hydrogen-bond donors (Lipinski definition) is 2. The number of carbonyl (C=O) groups excluding carboxylic acids is 1. The van der Waals surface area contributed by atoms with Crippen molar-refractivity contribution in [1.82, 2.24) is 4.98 Å². The van der Waals surface area contributed by atoms with Gasteiger partial charge in [0.2, 0.25) is 5.56 Å². The lowest BCUT2D eigenvalue weighted by Gasteiger charge is -2.07. The molecule has 0 aliphatic heterocycles. The number of amides is 1. The molecule has 0 saturated heterocycles. The number of benzene rings is 1. The van der Waals surface area contributed by atoms with E-state index in [1.165, 1.54) is 18.3 Å². The Morgan fingerprint density at radius 3 is 2.83 bits per heavy atom. The molecule has 92 valence electrons. The summed E-state index contributed by atoms with van der Waals surface area (Å²) in [6, 6.07) is 7.32. The number of anilines is 1. The zero-order chi connectivity index (χ0) is 13.1.